The molecular formula is C15H14FSi. The van der Waals surface area contributed by atoms with Crippen LogP contribution in [0.5, 0.6) is 0 Å². The highest BCUT2D eigenvalue weighted by Gasteiger charge is 2.17. The summed E-state index contributed by atoms with van der Waals surface area (Å²) < 4.78 is 13.2. The quantitative estimate of drug-likeness (QED) is 0.722. The molecule has 1 radical (unpaired) electrons. The van der Waals surface area contributed by atoms with E-state index in [0.717, 1.165) is 0 Å². The third-order valence-corrected chi connectivity index (χ3v) is 5.41. The molecule has 0 N–H and O–H groups in total. The molecule has 2 heteroatoms. The van der Waals surface area contributed by atoms with Crippen molar-refractivity contribution >= 4 is 19.2 Å². The van der Waals surface area contributed by atoms with Crippen LogP contribution in [0.25, 0.3) is 0 Å². The van der Waals surface area contributed by atoms with Crippen molar-refractivity contribution in [2.45, 2.75) is 6.04 Å². The first kappa shape index (κ1) is 11.8. The molecule has 0 aromatic heterocycles. The molecule has 0 atom stereocenters. The normalized spacial score (nSPS) is 10.5. The molecular weight excluding hydrogens is 227 g/mol. The van der Waals surface area contributed by atoms with E-state index >= 15 is 0 Å². The highest BCUT2D eigenvalue weighted by molar-refractivity contribution is 6.85. The minimum atomic E-state index is -1.07. The molecule has 85 valence electrons. The second kappa shape index (κ2) is 5.59. The first-order valence-electron chi connectivity index (χ1n) is 5.57. The van der Waals surface area contributed by atoms with Crippen molar-refractivity contribution in [2.24, 2.45) is 0 Å². The highest BCUT2D eigenvalue weighted by Crippen LogP contribution is 2.06. The number of hydrogen-bond donors (Lipinski definition) is 0. The fourth-order valence-corrected chi connectivity index (χ4v) is 4.16. The second-order valence-corrected chi connectivity index (χ2v) is 6.37. The van der Waals surface area contributed by atoms with Crippen LogP contribution in [0.2, 0.25) is 6.04 Å². The van der Waals surface area contributed by atoms with Crippen LogP contribution < -0.4 is 10.4 Å². The maximum Gasteiger partial charge on any atom is 0.128 e. The molecule has 0 fully saturated rings. The maximum atomic E-state index is 13.2. The summed E-state index contributed by atoms with van der Waals surface area (Å²) in [5.41, 5.74) is 0. The Morgan fingerprint density at radius 1 is 0.882 bits per heavy atom. The molecule has 0 aliphatic carbocycles. The highest BCUT2D eigenvalue weighted by atomic mass is 28.3. The Labute approximate surface area is 103 Å². The van der Waals surface area contributed by atoms with Gasteiger partial charge in [-0.3, -0.25) is 0 Å². The summed E-state index contributed by atoms with van der Waals surface area (Å²) in [6, 6.07) is 20.7. The van der Waals surface area contributed by atoms with Gasteiger partial charge in [-0.25, -0.2) is 4.39 Å². The van der Waals surface area contributed by atoms with Crippen LogP contribution in [0, 0.1) is 0 Å². The van der Waals surface area contributed by atoms with Gasteiger partial charge in [0.15, 0.2) is 0 Å². The van der Waals surface area contributed by atoms with Gasteiger partial charge in [0.1, 0.15) is 8.80 Å². The molecule has 17 heavy (non-hydrogen) atoms. The summed E-state index contributed by atoms with van der Waals surface area (Å²) in [5, 5.41) is 2.45. The van der Waals surface area contributed by atoms with Crippen molar-refractivity contribution in [2.75, 3.05) is 0 Å². The van der Waals surface area contributed by atoms with Crippen LogP contribution in [-0.2, 0) is 0 Å². The summed E-state index contributed by atoms with van der Waals surface area (Å²) in [6.45, 7) is 3.40. The van der Waals surface area contributed by atoms with Crippen LogP contribution in [0.3, 0.4) is 0 Å². The second-order valence-electron chi connectivity index (χ2n) is 3.90. The van der Waals surface area contributed by atoms with Crippen molar-refractivity contribution in [3.05, 3.63) is 73.1 Å². The number of rotatable bonds is 4. The van der Waals surface area contributed by atoms with Gasteiger partial charge in [0.05, 0.1) is 5.83 Å². The molecule has 2 aromatic rings. The van der Waals surface area contributed by atoms with Crippen LogP contribution >= 0.6 is 0 Å². The third-order valence-electron chi connectivity index (χ3n) is 2.61. The molecule has 0 saturated carbocycles. The van der Waals surface area contributed by atoms with Gasteiger partial charge in [0.2, 0.25) is 0 Å². The van der Waals surface area contributed by atoms with Crippen LogP contribution in [-0.4, -0.2) is 8.80 Å². The molecule has 0 amide bonds. The molecule has 0 aliphatic rings. The average molecular weight is 241 g/mol. The lowest BCUT2D eigenvalue weighted by molar-refractivity contribution is 0.643. The minimum Gasteiger partial charge on any atom is -0.213 e. The van der Waals surface area contributed by atoms with Crippen molar-refractivity contribution < 1.29 is 4.39 Å². The summed E-state index contributed by atoms with van der Waals surface area (Å²) in [6.07, 6.45) is 0. The third kappa shape index (κ3) is 3.14. The van der Waals surface area contributed by atoms with Gasteiger partial charge in [-0.15, -0.1) is 0 Å². The zero-order chi connectivity index (χ0) is 12.1. The molecule has 0 saturated heterocycles. The molecule has 0 unspecified atom stereocenters. The smallest absolute Gasteiger partial charge is 0.128 e. The monoisotopic (exact) mass is 241 g/mol. The Morgan fingerprint density at radius 2 is 1.29 bits per heavy atom. The minimum absolute atomic E-state index is 0.230. The van der Waals surface area contributed by atoms with E-state index in [1.165, 1.54) is 10.4 Å². The first-order valence-corrected chi connectivity index (χ1v) is 7.28. The van der Waals surface area contributed by atoms with E-state index in [1.54, 1.807) is 0 Å². The number of allylic oxidation sites excluding steroid dienone is 1. The van der Waals surface area contributed by atoms with Gasteiger partial charge in [-0.1, -0.05) is 77.6 Å². The van der Waals surface area contributed by atoms with E-state index in [2.05, 4.69) is 30.8 Å². The van der Waals surface area contributed by atoms with Gasteiger partial charge in [-0.2, -0.15) is 0 Å². The van der Waals surface area contributed by atoms with Gasteiger partial charge < -0.3 is 0 Å². The fraction of sp³-hybridized carbons (Fsp3) is 0.0667. The van der Waals surface area contributed by atoms with E-state index in [9.17, 15) is 4.39 Å². The Balaban J connectivity index is 2.36. The van der Waals surface area contributed by atoms with E-state index < -0.39 is 8.80 Å². The number of hydrogen-bond acceptors (Lipinski definition) is 0. The molecule has 0 nitrogen and oxygen atoms in total. The van der Waals surface area contributed by atoms with Crippen LogP contribution in [0.15, 0.2) is 73.1 Å². The SMILES string of the molecule is C=C(F)C[Si](c1ccccc1)c1ccccc1. The fourth-order valence-electron chi connectivity index (χ4n) is 1.84. The van der Waals surface area contributed by atoms with E-state index in [1.807, 2.05) is 36.4 Å². The summed E-state index contributed by atoms with van der Waals surface area (Å²) in [4.78, 5) is 0. The zero-order valence-electron chi connectivity index (χ0n) is 9.57. The lowest BCUT2D eigenvalue weighted by atomic mass is 10.4. The van der Waals surface area contributed by atoms with Gasteiger partial charge in [0.25, 0.3) is 0 Å². The molecule has 2 aromatic carbocycles. The van der Waals surface area contributed by atoms with Gasteiger partial charge in [-0.05, 0) is 0 Å². The lowest BCUT2D eigenvalue weighted by Gasteiger charge is -2.14. The Hall–Kier alpha value is -1.67. The van der Waals surface area contributed by atoms with E-state index in [0.29, 0.717) is 6.04 Å². The Bertz CT molecular complexity index is 439. The van der Waals surface area contributed by atoms with Crippen LogP contribution in [0.1, 0.15) is 0 Å². The van der Waals surface area contributed by atoms with Crippen molar-refractivity contribution in [1.29, 1.82) is 0 Å². The van der Waals surface area contributed by atoms with E-state index in [4.69, 9.17) is 0 Å². The number of halogens is 1. The molecule has 0 bridgehead atoms. The number of benzene rings is 2. The predicted molar refractivity (Wildman–Crippen MR) is 73.0 cm³/mol. The maximum absolute atomic E-state index is 13.2. The Kier molecular flexibility index (Phi) is 3.88. The van der Waals surface area contributed by atoms with E-state index in [-0.39, 0.29) is 5.83 Å². The average Bonchev–Trinajstić information content (AvgIpc) is 2.38. The van der Waals surface area contributed by atoms with Gasteiger partial charge in [0, 0.05) is 6.04 Å². The van der Waals surface area contributed by atoms with Crippen LogP contribution in [0.4, 0.5) is 4.39 Å². The van der Waals surface area contributed by atoms with Crippen molar-refractivity contribution in [3.63, 3.8) is 0 Å². The molecule has 0 spiro atoms. The van der Waals surface area contributed by atoms with Gasteiger partial charge >= 0.3 is 0 Å². The van der Waals surface area contributed by atoms with Crippen molar-refractivity contribution in [3.8, 4) is 0 Å². The summed E-state index contributed by atoms with van der Waals surface area (Å²) >= 11 is 0. The zero-order valence-corrected chi connectivity index (χ0v) is 10.6. The molecule has 0 heterocycles. The first-order chi connectivity index (χ1) is 8.27. The Morgan fingerprint density at radius 3 is 1.65 bits per heavy atom. The summed E-state index contributed by atoms with van der Waals surface area (Å²) in [5.74, 6) is -0.230. The lowest BCUT2D eigenvalue weighted by Crippen LogP contribution is -2.41. The molecule has 2 rings (SSSR count). The predicted octanol–water partition coefficient (Wildman–Crippen LogP) is 2.78. The molecule has 0 aliphatic heterocycles. The standard InChI is InChI=1S/C15H14FSi/c1-13(16)12-17(14-8-4-2-5-9-14)15-10-6-3-7-11-15/h2-11H,1,12H2. The van der Waals surface area contributed by atoms with Crippen molar-refractivity contribution in [1.82, 2.24) is 0 Å². The topological polar surface area (TPSA) is 0 Å². The summed E-state index contributed by atoms with van der Waals surface area (Å²) in [7, 11) is -1.07. The largest absolute Gasteiger partial charge is 0.213 e.